The van der Waals surface area contributed by atoms with Crippen molar-refractivity contribution in [1.82, 2.24) is 4.90 Å². The van der Waals surface area contributed by atoms with Gasteiger partial charge in [0.2, 0.25) is 5.91 Å². The van der Waals surface area contributed by atoms with Gasteiger partial charge in [0.25, 0.3) is 5.91 Å². The van der Waals surface area contributed by atoms with E-state index in [1.165, 1.54) is 18.0 Å². The summed E-state index contributed by atoms with van der Waals surface area (Å²) in [5.41, 5.74) is 0.585. The molecule has 0 aliphatic rings. The molecule has 2 N–H and O–H groups in total. The van der Waals surface area contributed by atoms with Crippen LogP contribution in [0.1, 0.15) is 31.1 Å². The molecule has 0 radical (unpaired) electrons. The van der Waals surface area contributed by atoms with Crippen molar-refractivity contribution in [2.75, 3.05) is 24.2 Å². The second-order valence-corrected chi connectivity index (χ2v) is 7.80. The fourth-order valence-corrected chi connectivity index (χ4v) is 2.59. The van der Waals surface area contributed by atoms with Crippen LogP contribution in [0, 0.1) is 0 Å². The van der Waals surface area contributed by atoms with E-state index in [0.717, 1.165) is 0 Å². The number of hydrogen-bond donors (Lipinski definition) is 2. The molecule has 0 saturated carbocycles. The summed E-state index contributed by atoms with van der Waals surface area (Å²) in [4.78, 5) is 38.0. The summed E-state index contributed by atoms with van der Waals surface area (Å²) >= 11 is 6.02. The Morgan fingerprint density at radius 2 is 1.72 bits per heavy atom. The van der Waals surface area contributed by atoms with Crippen LogP contribution >= 0.6 is 11.6 Å². The fraction of sp³-hybridized carbons (Fsp3) is 0.286. The van der Waals surface area contributed by atoms with Gasteiger partial charge in [0.15, 0.2) is 0 Å². The monoisotopic (exact) mass is 417 g/mol. The van der Waals surface area contributed by atoms with Gasteiger partial charge in [-0.2, -0.15) is 0 Å². The smallest absolute Gasteiger partial charge is 0.412 e. The number of halogens is 1. The quantitative estimate of drug-likeness (QED) is 0.754. The van der Waals surface area contributed by atoms with Crippen molar-refractivity contribution in [1.29, 1.82) is 0 Å². The Balaban J connectivity index is 1.99. The Morgan fingerprint density at radius 1 is 1.03 bits per heavy atom. The molecule has 7 nitrogen and oxygen atoms in total. The predicted octanol–water partition coefficient (Wildman–Crippen LogP) is 4.40. The van der Waals surface area contributed by atoms with Gasteiger partial charge in [-0.15, -0.1) is 0 Å². The van der Waals surface area contributed by atoms with E-state index >= 15 is 0 Å². The second-order valence-electron chi connectivity index (χ2n) is 7.40. The lowest BCUT2D eigenvalue weighted by atomic mass is 10.1. The third-order valence-electron chi connectivity index (χ3n) is 3.63. The van der Waals surface area contributed by atoms with Gasteiger partial charge in [0.1, 0.15) is 5.60 Å². The van der Waals surface area contributed by atoms with Crippen molar-refractivity contribution in [3.05, 3.63) is 59.1 Å². The number of benzene rings is 2. The first-order valence-electron chi connectivity index (χ1n) is 8.95. The lowest BCUT2D eigenvalue weighted by molar-refractivity contribution is -0.116. The molecule has 0 unspecified atom stereocenters. The number of amides is 3. The van der Waals surface area contributed by atoms with Crippen molar-refractivity contribution in [3.8, 4) is 0 Å². The maximum atomic E-state index is 12.6. The molecule has 0 spiro atoms. The molecule has 0 fully saturated rings. The molecule has 29 heavy (non-hydrogen) atoms. The summed E-state index contributed by atoms with van der Waals surface area (Å²) in [5.74, 6) is -0.746. The zero-order valence-electron chi connectivity index (χ0n) is 16.8. The molecule has 0 aliphatic heterocycles. The van der Waals surface area contributed by atoms with Crippen LogP contribution in [-0.2, 0) is 9.53 Å². The number of anilines is 2. The summed E-state index contributed by atoms with van der Waals surface area (Å²) in [6, 6.07) is 13.2. The summed E-state index contributed by atoms with van der Waals surface area (Å²) in [5, 5.41) is 5.67. The van der Waals surface area contributed by atoms with Gasteiger partial charge in [-0.25, -0.2) is 4.79 Å². The van der Waals surface area contributed by atoms with Crippen molar-refractivity contribution in [2.24, 2.45) is 0 Å². The highest BCUT2D eigenvalue weighted by atomic mass is 35.5. The normalized spacial score (nSPS) is 10.8. The zero-order valence-corrected chi connectivity index (χ0v) is 17.5. The fourth-order valence-electron chi connectivity index (χ4n) is 2.41. The Kier molecular flexibility index (Phi) is 7.23. The zero-order chi connectivity index (χ0) is 21.6. The summed E-state index contributed by atoms with van der Waals surface area (Å²) < 4.78 is 5.20. The average Bonchev–Trinajstić information content (AvgIpc) is 2.61. The van der Waals surface area contributed by atoms with E-state index in [9.17, 15) is 14.4 Å². The van der Waals surface area contributed by atoms with Crippen molar-refractivity contribution in [3.63, 3.8) is 0 Å². The van der Waals surface area contributed by atoms with Crippen LogP contribution < -0.4 is 10.6 Å². The van der Waals surface area contributed by atoms with E-state index in [4.69, 9.17) is 16.3 Å². The number of para-hydroxylation sites is 1. The summed E-state index contributed by atoms with van der Waals surface area (Å²) in [6.45, 7) is 5.12. The standard InChI is InChI=1S/C21H24ClN3O4/c1-21(2,3)29-20(28)23-15-9-7-8-14(12-15)19(27)25(4)13-18(26)24-17-11-6-5-10-16(17)22/h5-12H,13H2,1-4H3,(H,23,28)(H,24,26). The highest BCUT2D eigenvalue weighted by Gasteiger charge is 2.18. The third-order valence-corrected chi connectivity index (χ3v) is 3.96. The van der Waals surface area contributed by atoms with Crippen LogP contribution in [-0.4, -0.2) is 42.0 Å². The van der Waals surface area contributed by atoms with Crippen LogP contribution in [0.3, 0.4) is 0 Å². The van der Waals surface area contributed by atoms with Crippen molar-refractivity contribution in [2.45, 2.75) is 26.4 Å². The summed E-state index contributed by atoms with van der Waals surface area (Å²) in [7, 11) is 1.52. The number of nitrogens with zero attached hydrogens (tertiary/aromatic N) is 1. The van der Waals surface area contributed by atoms with E-state index in [1.807, 2.05) is 0 Å². The maximum absolute atomic E-state index is 12.6. The largest absolute Gasteiger partial charge is 0.444 e. The van der Waals surface area contributed by atoms with Crippen LogP contribution in [0.4, 0.5) is 16.2 Å². The SMILES string of the molecule is CN(CC(=O)Nc1ccccc1Cl)C(=O)c1cccc(NC(=O)OC(C)(C)C)c1. The Hall–Kier alpha value is -3.06. The molecule has 3 amide bonds. The van der Waals surface area contributed by atoms with Gasteiger partial charge in [0, 0.05) is 18.3 Å². The van der Waals surface area contributed by atoms with Gasteiger partial charge in [-0.3, -0.25) is 14.9 Å². The van der Waals surface area contributed by atoms with Gasteiger partial charge in [-0.05, 0) is 51.1 Å². The van der Waals surface area contributed by atoms with E-state index in [0.29, 0.717) is 22.0 Å². The lowest BCUT2D eigenvalue weighted by Gasteiger charge is -2.20. The number of carbonyl (C=O) groups is 3. The molecule has 0 aliphatic carbocycles. The number of hydrogen-bond acceptors (Lipinski definition) is 4. The second kappa shape index (κ2) is 9.43. The first kappa shape index (κ1) is 22.2. The Labute approximate surface area is 175 Å². The van der Waals surface area contributed by atoms with E-state index < -0.39 is 11.7 Å². The number of ether oxygens (including phenoxy) is 1. The molecule has 0 saturated heterocycles. The van der Waals surface area contributed by atoms with Crippen LogP contribution in [0.2, 0.25) is 5.02 Å². The number of carbonyl (C=O) groups excluding carboxylic acids is 3. The average molecular weight is 418 g/mol. The van der Waals surface area contributed by atoms with Gasteiger partial charge >= 0.3 is 6.09 Å². The van der Waals surface area contributed by atoms with Crippen molar-refractivity contribution < 1.29 is 19.1 Å². The van der Waals surface area contributed by atoms with Gasteiger partial charge in [0.05, 0.1) is 17.3 Å². The molecule has 0 bridgehead atoms. The maximum Gasteiger partial charge on any atom is 0.412 e. The van der Waals surface area contributed by atoms with Crippen LogP contribution in [0.15, 0.2) is 48.5 Å². The number of nitrogens with one attached hydrogen (secondary N) is 2. The Bertz CT molecular complexity index is 909. The molecular formula is C21H24ClN3O4. The molecular weight excluding hydrogens is 394 g/mol. The van der Waals surface area contributed by atoms with Crippen molar-refractivity contribution >= 4 is 40.9 Å². The lowest BCUT2D eigenvalue weighted by Crippen LogP contribution is -2.35. The molecule has 0 aromatic heterocycles. The minimum absolute atomic E-state index is 0.159. The predicted molar refractivity (Wildman–Crippen MR) is 113 cm³/mol. The molecule has 2 aromatic rings. The van der Waals surface area contributed by atoms with E-state index in [1.54, 1.807) is 63.2 Å². The first-order valence-corrected chi connectivity index (χ1v) is 9.33. The third kappa shape index (κ3) is 7.12. The van der Waals surface area contributed by atoms with Crippen LogP contribution in [0.5, 0.6) is 0 Å². The van der Waals surface area contributed by atoms with E-state index in [-0.39, 0.29) is 18.4 Å². The minimum Gasteiger partial charge on any atom is -0.444 e. The Morgan fingerprint density at radius 3 is 2.38 bits per heavy atom. The molecule has 8 heteroatoms. The molecule has 2 aromatic carbocycles. The van der Waals surface area contributed by atoms with E-state index in [2.05, 4.69) is 10.6 Å². The highest BCUT2D eigenvalue weighted by molar-refractivity contribution is 6.33. The molecule has 0 heterocycles. The first-order chi connectivity index (χ1) is 13.5. The minimum atomic E-state index is -0.632. The highest BCUT2D eigenvalue weighted by Crippen LogP contribution is 2.20. The summed E-state index contributed by atoms with van der Waals surface area (Å²) in [6.07, 6.45) is -0.616. The van der Waals surface area contributed by atoms with Crippen LogP contribution in [0.25, 0.3) is 0 Å². The van der Waals surface area contributed by atoms with Gasteiger partial charge in [-0.1, -0.05) is 29.8 Å². The molecule has 0 atom stereocenters. The van der Waals surface area contributed by atoms with Gasteiger partial charge < -0.3 is 15.0 Å². The number of rotatable bonds is 5. The topological polar surface area (TPSA) is 87.7 Å². The number of likely N-dealkylation sites (N-methyl/N-ethyl adjacent to an activating group) is 1. The molecule has 2 rings (SSSR count). The molecule has 154 valence electrons.